The van der Waals surface area contributed by atoms with E-state index in [0.717, 1.165) is 36.1 Å². The SMILES string of the molecule is CN=C(NCCN(C(C)C)C(C)C)NCc1ccc(OC)c(OC)c1.I. The second-order valence-electron chi connectivity index (χ2n) is 6.47. The van der Waals surface area contributed by atoms with Crippen molar-refractivity contribution >= 4 is 29.9 Å². The van der Waals surface area contributed by atoms with Crippen LogP contribution in [0.3, 0.4) is 0 Å². The van der Waals surface area contributed by atoms with Crippen molar-refractivity contribution in [3.8, 4) is 11.5 Å². The molecule has 26 heavy (non-hydrogen) atoms. The molecule has 0 heterocycles. The van der Waals surface area contributed by atoms with Crippen molar-refractivity contribution in [3.05, 3.63) is 23.8 Å². The number of aliphatic imine (C=N–C) groups is 1. The first-order chi connectivity index (χ1) is 11.9. The predicted octanol–water partition coefficient (Wildman–Crippen LogP) is 3.11. The van der Waals surface area contributed by atoms with E-state index in [1.807, 2.05) is 18.2 Å². The monoisotopic (exact) mass is 478 g/mol. The first kappa shape index (κ1) is 24.8. The Balaban J connectivity index is 0.00000625. The zero-order valence-electron chi connectivity index (χ0n) is 17.1. The molecule has 0 aliphatic carbocycles. The van der Waals surface area contributed by atoms with Gasteiger partial charge in [0.25, 0.3) is 0 Å². The first-order valence-electron chi connectivity index (χ1n) is 8.84. The maximum Gasteiger partial charge on any atom is 0.191 e. The predicted molar refractivity (Wildman–Crippen MR) is 120 cm³/mol. The van der Waals surface area contributed by atoms with Crippen molar-refractivity contribution in [1.29, 1.82) is 0 Å². The van der Waals surface area contributed by atoms with Gasteiger partial charge in [-0.25, -0.2) is 0 Å². The molecule has 0 amide bonds. The number of rotatable bonds is 9. The summed E-state index contributed by atoms with van der Waals surface area (Å²) in [5, 5.41) is 6.70. The second kappa shape index (κ2) is 13.0. The topological polar surface area (TPSA) is 58.1 Å². The third kappa shape index (κ3) is 7.99. The van der Waals surface area contributed by atoms with E-state index in [2.05, 4.69) is 48.2 Å². The maximum atomic E-state index is 5.34. The molecule has 1 aromatic rings. The zero-order chi connectivity index (χ0) is 18.8. The molecule has 0 bridgehead atoms. The van der Waals surface area contributed by atoms with Crippen LogP contribution in [0.5, 0.6) is 11.5 Å². The Hall–Kier alpha value is -1.22. The van der Waals surface area contributed by atoms with Crippen LogP contribution in [-0.2, 0) is 6.54 Å². The molecule has 1 rings (SSSR count). The lowest BCUT2D eigenvalue weighted by Gasteiger charge is -2.30. The molecule has 0 radical (unpaired) electrons. The van der Waals surface area contributed by atoms with Gasteiger partial charge in [-0.1, -0.05) is 6.07 Å². The van der Waals surface area contributed by atoms with Crippen LogP contribution >= 0.6 is 24.0 Å². The van der Waals surface area contributed by atoms with E-state index < -0.39 is 0 Å². The number of nitrogens with zero attached hydrogens (tertiary/aromatic N) is 2. The molecule has 0 unspecified atom stereocenters. The Morgan fingerprint density at radius 3 is 2.15 bits per heavy atom. The van der Waals surface area contributed by atoms with Gasteiger partial charge in [0.2, 0.25) is 0 Å². The average molecular weight is 478 g/mol. The largest absolute Gasteiger partial charge is 0.493 e. The molecule has 0 saturated carbocycles. The lowest BCUT2D eigenvalue weighted by atomic mass is 10.2. The Morgan fingerprint density at radius 1 is 1.04 bits per heavy atom. The van der Waals surface area contributed by atoms with Crippen LogP contribution in [-0.4, -0.2) is 57.3 Å². The molecule has 0 aliphatic rings. The van der Waals surface area contributed by atoms with Crippen molar-refractivity contribution in [1.82, 2.24) is 15.5 Å². The van der Waals surface area contributed by atoms with Gasteiger partial charge < -0.3 is 20.1 Å². The summed E-state index contributed by atoms with van der Waals surface area (Å²) in [4.78, 5) is 6.74. The Bertz CT molecular complexity index is 542. The highest BCUT2D eigenvalue weighted by atomic mass is 127. The number of nitrogens with one attached hydrogen (secondary N) is 2. The molecule has 6 nitrogen and oxygen atoms in total. The van der Waals surface area contributed by atoms with E-state index in [9.17, 15) is 0 Å². The third-order valence-electron chi connectivity index (χ3n) is 4.12. The molecule has 0 atom stereocenters. The smallest absolute Gasteiger partial charge is 0.191 e. The minimum atomic E-state index is 0. The molecule has 0 fully saturated rings. The number of methoxy groups -OCH3 is 2. The van der Waals surface area contributed by atoms with Crippen molar-refractivity contribution in [2.24, 2.45) is 4.99 Å². The Morgan fingerprint density at radius 2 is 1.65 bits per heavy atom. The number of hydrogen-bond acceptors (Lipinski definition) is 4. The fraction of sp³-hybridized carbons (Fsp3) is 0.632. The summed E-state index contributed by atoms with van der Waals surface area (Å²) in [6, 6.07) is 6.96. The highest BCUT2D eigenvalue weighted by molar-refractivity contribution is 14.0. The van der Waals surface area contributed by atoms with Gasteiger partial charge in [0, 0.05) is 38.8 Å². The summed E-state index contributed by atoms with van der Waals surface area (Å²) in [7, 11) is 5.07. The van der Waals surface area contributed by atoms with Crippen LogP contribution in [0, 0.1) is 0 Å². The standard InChI is InChI=1S/C19H34N4O2.HI/c1-14(2)23(15(3)4)11-10-21-19(20-5)22-13-16-8-9-17(24-6)18(12-16)25-7;/h8-9,12,14-15H,10-11,13H2,1-7H3,(H2,20,21,22);1H. The van der Waals surface area contributed by atoms with Crippen LogP contribution in [0.4, 0.5) is 0 Å². The molecule has 0 saturated heterocycles. The van der Waals surface area contributed by atoms with Gasteiger partial charge in [-0.15, -0.1) is 24.0 Å². The highest BCUT2D eigenvalue weighted by Crippen LogP contribution is 2.27. The molecule has 0 aromatic heterocycles. The van der Waals surface area contributed by atoms with Gasteiger partial charge in [-0.3, -0.25) is 9.89 Å². The minimum absolute atomic E-state index is 0. The summed E-state index contributed by atoms with van der Waals surface area (Å²) < 4.78 is 10.6. The molecule has 7 heteroatoms. The number of guanidine groups is 1. The average Bonchev–Trinajstić information content (AvgIpc) is 2.60. The number of ether oxygens (including phenoxy) is 2. The lowest BCUT2D eigenvalue weighted by Crippen LogP contribution is -2.45. The Kier molecular flexibility index (Phi) is 12.4. The van der Waals surface area contributed by atoms with Crippen molar-refractivity contribution in [3.63, 3.8) is 0 Å². The molecular formula is C19H35IN4O2. The van der Waals surface area contributed by atoms with Crippen LogP contribution in [0.1, 0.15) is 33.3 Å². The van der Waals surface area contributed by atoms with Gasteiger partial charge in [0.15, 0.2) is 17.5 Å². The normalized spacial score (nSPS) is 11.5. The van der Waals surface area contributed by atoms with E-state index >= 15 is 0 Å². The fourth-order valence-electron chi connectivity index (χ4n) is 2.81. The van der Waals surface area contributed by atoms with E-state index in [1.165, 1.54) is 0 Å². The molecule has 1 aromatic carbocycles. The van der Waals surface area contributed by atoms with Gasteiger partial charge in [0.05, 0.1) is 14.2 Å². The lowest BCUT2D eigenvalue weighted by molar-refractivity contribution is 0.178. The molecule has 0 spiro atoms. The van der Waals surface area contributed by atoms with Crippen molar-refractivity contribution < 1.29 is 9.47 Å². The quantitative estimate of drug-likeness (QED) is 0.325. The molecule has 0 aliphatic heterocycles. The van der Waals surface area contributed by atoms with E-state index in [-0.39, 0.29) is 24.0 Å². The second-order valence-corrected chi connectivity index (χ2v) is 6.47. The minimum Gasteiger partial charge on any atom is -0.493 e. The zero-order valence-corrected chi connectivity index (χ0v) is 19.5. The summed E-state index contributed by atoms with van der Waals surface area (Å²) in [6.07, 6.45) is 0. The summed E-state index contributed by atoms with van der Waals surface area (Å²) >= 11 is 0. The summed E-state index contributed by atoms with van der Waals surface area (Å²) in [6.45, 7) is 11.4. The fourth-order valence-corrected chi connectivity index (χ4v) is 2.81. The van der Waals surface area contributed by atoms with E-state index in [1.54, 1.807) is 21.3 Å². The van der Waals surface area contributed by atoms with Crippen LogP contribution in [0.15, 0.2) is 23.2 Å². The van der Waals surface area contributed by atoms with Gasteiger partial charge in [0.1, 0.15) is 0 Å². The summed E-state index contributed by atoms with van der Waals surface area (Å²) in [5.74, 6) is 2.26. The van der Waals surface area contributed by atoms with E-state index in [0.29, 0.717) is 18.6 Å². The van der Waals surface area contributed by atoms with Gasteiger partial charge in [-0.05, 0) is 45.4 Å². The van der Waals surface area contributed by atoms with Gasteiger partial charge >= 0.3 is 0 Å². The Labute approximate surface area is 175 Å². The molecule has 150 valence electrons. The highest BCUT2D eigenvalue weighted by Gasteiger charge is 2.12. The molecule has 2 N–H and O–H groups in total. The summed E-state index contributed by atoms with van der Waals surface area (Å²) in [5.41, 5.74) is 1.10. The number of benzene rings is 1. The van der Waals surface area contributed by atoms with Crippen molar-refractivity contribution in [2.45, 2.75) is 46.3 Å². The number of halogens is 1. The van der Waals surface area contributed by atoms with Crippen LogP contribution < -0.4 is 20.1 Å². The van der Waals surface area contributed by atoms with E-state index in [4.69, 9.17) is 9.47 Å². The van der Waals surface area contributed by atoms with Crippen LogP contribution in [0.25, 0.3) is 0 Å². The van der Waals surface area contributed by atoms with Crippen LogP contribution in [0.2, 0.25) is 0 Å². The maximum absolute atomic E-state index is 5.34. The van der Waals surface area contributed by atoms with Gasteiger partial charge in [-0.2, -0.15) is 0 Å². The molecular weight excluding hydrogens is 443 g/mol. The third-order valence-corrected chi connectivity index (χ3v) is 4.12. The van der Waals surface area contributed by atoms with Crippen molar-refractivity contribution in [2.75, 3.05) is 34.4 Å². The first-order valence-corrected chi connectivity index (χ1v) is 8.84. The number of hydrogen-bond donors (Lipinski definition) is 2.